The lowest BCUT2D eigenvalue weighted by molar-refractivity contribution is -0.142. The van der Waals surface area contributed by atoms with Crippen molar-refractivity contribution in [3.8, 4) is 0 Å². The van der Waals surface area contributed by atoms with E-state index in [0.29, 0.717) is 0 Å². The number of aromatic nitrogens is 1. The number of H-pyrrole nitrogens is 1. The van der Waals surface area contributed by atoms with Gasteiger partial charge in [0.25, 0.3) is 0 Å². The van der Waals surface area contributed by atoms with Crippen molar-refractivity contribution in [2.75, 3.05) is 0 Å². The summed E-state index contributed by atoms with van der Waals surface area (Å²) in [7, 11) is 0. The number of hydrogen-bond donors (Lipinski definition) is 2. The van der Waals surface area contributed by atoms with Gasteiger partial charge in [-0.05, 0) is 32.4 Å². The summed E-state index contributed by atoms with van der Waals surface area (Å²) in [6, 6.07) is 6.76. The van der Waals surface area contributed by atoms with Gasteiger partial charge in [0, 0.05) is 23.5 Å². The number of para-hydroxylation sites is 1. The number of carbonyl (C=O) groups excluding carboxylic acids is 2. The van der Waals surface area contributed by atoms with Gasteiger partial charge < -0.3 is 20.2 Å². The molecule has 1 atom stereocenters. The molecule has 0 fully saturated rings. The summed E-state index contributed by atoms with van der Waals surface area (Å²) in [4.78, 5) is 26.4. The summed E-state index contributed by atoms with van der Waals surface area (Å²) < 4.78 is 9.53. The summed E-state index contributed by atoms with van der Waals surface area (Å²) in [6.07, 6.45) is 1.03. The second-order valence-corrected chi connectivity index (χ2v) is 6.06. The van der Waals surface area contributed by atoms with E-state index in [4.69, 9.17) is 10.5 Å². The van der Waals surface area contributed by atoms with Crippen LogP contribution in [0.25, 0.3) is 10.9 Å². The van der Waals surface area contributed by atoms with Crippen molar-refractivity contribution in [3.05, 3.63) is 36.0 Å². The quantitative estimate of drug-likeness (QED) is 0.671. The fourth-order valence-corrected chi connectivity index (χ4v) is 2.05. The van der Waals surface area contributed by atoms with Gasteiger partial charge in [-0.25, -0.2) is 9.59 Å². The first-order chi connectivity index (χ1) is 10.3. The lowest BCUT2D eigenvalue weighted by atomic mass is 10.1. The van der Waals surface area contributed by atoms with Gasteiger partial charge >= 0.3 is 12.1 Å². The standard InChI is InChI=1S/C16H20N2O4/c1-16(2,3)22-15(20)21-14(19)12(17)8-10-9-18-13-7-5-4-6-11(10)13/h4-7,9,12,18H,8,17H2,1-3H3/t12-/m1/s1. The topological polar surface area (TPSA) is 94.4 Å². The smallest absolute Gasteiger partial charge is 0.428 e. The van der Waals surface area contributed by atoms with E-state index in [9.17, 15) is 9.59 Å². The molecule has 3 N–H and O–H groups in total. The van der Waals surface area contributed by atoms with Gasteiger partial charge in [-0.3, -0.25) is 0 Å². The van der Waals surface area contributed by atoms with Crippen molar-refractivity contribution >= 4 is 23.0 Å². The van der Waals surface area contributed by atoms with Crippen molar-refractivity contribution in [1.82, 2.24) is 4.98 Å². The molecule has 0 saturated carbocycles. The second kappa shape index (κ2) is 6.19. The summed E-state index contributed by atoms with van der Waals surface area (Å²) in [6.45, 7) is 5.06. The number of benzene rings is 1. The molecule has 0 amide bonds. The molecule has 1 heterocycles. The SMILES string of the molecule is CC(C)(C)OC(=O)OC(=O)[C@H](N)Cc1c[nH]c2ccccc12. The van der Waals surface area contributed by atoms with Crippen LogP contribution in [0.2, 0.25) is 0 Å². The normalized spacial score (nSPS) is 12.9. The molecule has 0 aliphatic carbocycles. The number of carbonyl (C=O) groups is 2. The third kappa shape index (κ3) is 4.08. The summed E-state index contributed by atoms with van der Waals surface area (Å²) in [5.41, 5.74) is 6.95. The minimum Gasteiger partial charge on any atom is -0.428 e. The molecule has 0 aliphatic heterocycles. The Kier molecular flexibility index (Phi) is 4.51. The average Bonchev–Trinajstić information content (AvgIpc) is 2.80. The predicted octanol–water partition coefficient (Wildman–Crippen LogP) is 2.52. The maximum Gasteiger partial charge on any atom is 0.516 e. The molecule has 0 spiro atoms. The first kappa shape index (κ1) is 16.0. The zero-order valence-electron chi connectivity index (χ0n) is 12.9. The molecule has 1 aromatic heterocycles. The highest BCUT2D eigenvalue weighted by Crippen LogP contribution is 2.19. The molecule has 2 rings (SSSR count). The van der Waals surface area contributed by atoms with E-state index in [2.05, 4.69) is 9.72 Å². The Bertz CT molecular complexity index is 685. The van der Waals surface area contributed by atoms with Crippen LogP contribution in [0.4, 0.5) is 4.79 Å². The van der Waals surface area contributed by atoms with Crippen LogP contribution in [0.5, 0.6) is 0 Å². The molecular weight excluding hydrogens is 284 g/mol. The predicted molar refractivity (Wildman–Crippen MR) is 82.3 cm³/mol. The molecule has 0 bridgehead atoms. The third-order valence-corrected chi connectivity index (χ3v) is 2.99. The van der Waals surface area contributed by atoms with E-state index in [1.165, 1.54) is 0 Å². The van der Waals surface area contributed by atoms with Crippen LogP contribution in [0.3, 0.4) is 0 Å². The maximum atomic E-state index is 11.8. The van der Waals surface area contributed by atoms with Crippen LogP contribution in [0.15, 0.2) is 30.5 Å². The number of nitrogens with one attached hydrogen (secondary N) is 1. The third-order valence-electron chi connectivity index (χ3n) is 2.99. The maximum absolute atomic E-state index is 11.8. The Hall–Kier alpha value is -2.34. The zero-order valence-corrected chi connectivity index (χ0v) is 12.9. The van der Waals surface area contributed by atoms with Gasteiger partial charge in [-0.2, -0.15) is 0 Å². The van der Waals surface area contributed by atoms with Crippen LogP contribution >= 0.6 is 0 Å². The van der Waals surface area contributed by atoms with Gasteiger partial charge in [-0.15, -0.1) is 0 Å². The molecule has 6 heteroatoms. The zero-order chi connectivity index (χ0) is 16.3. The van der Waals surface area contributed by atoms with Crippen LogP contribution in [0.1, 0.15) is 26.3 Å². The Balaban J connectivity index is 1.98. The highest BCUT2D eigenvalue weighted by Gasteiger charge is 2.24. The first-order valence-corrected chi connectivity index (χ1v) is 7.01. The Morgan fingerprint density at radius 3 is 2.64 bits per heavy atom. The van der Waals surface area contributed by atoms with Crippen LogP contribution < -0.4 is 5.73 Å². The van der Waals surface area contributed by atoms with E-state index < -0.39 is 23.8 Å². The molecule has 0 unspecified atom stereocenters. The largest absolute Gasteiger partial charge is 0.516 e. The van der Waals surface area contributed by atoms with E-state index in [-0.39, 0.29) is 6.42 Å². The molecule has 118 valence electrons. The van der Waals surface area contributed by atoms with E-state index >= 15 is 0 Å². The van der Waals surface area contributed by atoms with Gasteiger partial charge in [0.2, 0.25) is 0 Å². The Morgan fingerprint density at radius 1 is 1.27 bits per heavy atom. The molecule has 0 radical (unpaired) electrons. The number of ether oxygens (including phenoxy) is 2. The second-order valence-electron chi connectivity index (χ2n) is 6.06. The molecule has 0 aliphatic rings. The van der Waals surface area contributed by atoms with Crippen molar-refractivity contribution in [2.45, 2.75) is 38.8 Å². The number of hydrogen-bond acceptors (Lipinski definition) is 5. The summed E-state index contributed by atoms with van der Waals surface area (Å²) >= 11 is 0. The molecular formula is C16H20N2O4. The lowest BCUT2D eigenvalue weighted by Gasteiger charge is -2.19. The van der Waals surface area contributed by atoms with Crippen LogP contribution in [-0.4, -0.2) is 28.8 Å². The average molecular weight is 304 g/mol. The summed E-state index contributed by atoms with van der Waals surface area (Å²) in [5, 5.41) is 0.989. The lowest BCUT2D eigenvalue weighted by Crippen LogP contribution is -2.37. The van der Waals surface area contributed by atoms with Gasteiger partial charge in [0.1, 0.15) is 11.6 Å². The minimum absolute atomic E-state index is 0.269. The monoisotopic (exact) mass is 304 g/mol. The Labute approximate surface area is 128 Å². The molecule has 22 heavy (non-hydrogen) atoms. The number of fused-ring (bicyclic) bond motifs is 1. The molecule has 6 nitrogen and oxygen atoms in total. The fourth-order valence-electron chi connectivity index (χ4n) is 2.05. The fraction of sp³-hybridized carbons (Fsp3) is 0.375. The number of nitrogens with two attached hydrogens (primary N) is 1. The number of aromatic amines is 1. The highest BCUT2D eigenvalue weighted by atomic mass is 16.7. The number of rotatable bonds is 3. The molecule has 2 aromatic rings. The van der Waals surface area contributed by atoms with Gasteiger partial charge in [-0.1, -0.05) is 18.2 Å². The highest BCUT2D eigenvalue weighted by molar-refractivity contribution is 5.87. The number of esters is 1. The van der Waals surface area contributed by atoms with Crippen molar-refractivity contribution in [2.24, 2.45) is 5.73 Å². The van der Waals surface area contributed by atoms with Crippen molar-refractivity contribution in [3.63, 3.8) is 0 Å². The first-order valence-electron chi connectivity index (χ1n) is 7.01. The van der Waals surface area contributed by atoms with Gasteiger partial charge in [0.05, 0.1) is 0 Å². The van der Waals surface area contributed by atoms with Crippen molar-refractivity contribution in [1.29, 1.82) is 0 Å². The van der Waals surface area contributed by atoms with Gasteiger partial charge in [0.15, 0.2) is 0 Å². The van der Waals surface area contributed by atoms with Crippen molar-refractivity contribution < 1.29 is 19.1 Å². The Morgan fingerprint density at radius 2 is 1.95 bits per heavy atom. The molecule has 1 aromatic carbocycles. The van der Waals surface area contributed by atoms with E-state index in [1.54, 1.807) is 27.0 Å². The minimum atomic E-state index is -1.04. The molecule has 0 saturated heterocycles. The van der Waals surface area contributed by atoms with Crippen LogP contribution in [-0.2, 0) is 20.7 Å². The van der Waals surface area contributed by atoms with E-state index in [0.717, 1.165) is 16.5 Å². The summed E-state index contributed by atoms with van der Waals surface area (Å²) in [5.74, 6) is -0.806. The van der Waals surface area contributed by atoms with Crippen LogP contribution in [0, 0.1) is 0 Å². The van der Waals surface area contributed by atoms with E-state index in [1.807, 2.05) is 24.3 Å².